The molecule has 0 spiro atoms. The van der Waals surface area contributed by atoms with Gasteiger partial charge in [-0.3, -0.25) is 4.57 Å². The summed E-state index contributed by atoms with van der Waals surface area (Å²) in [6, 6.07) is 8.41. The van der Waals surface area contributed by atoms with Gasteiger partial charge in [0.25, 0.3) is 0 Å². The Morgan fingerprint density at radius 3 is 3.11 bits per heavy atom. The number of rotatable bonds is 6. The quantitative estimate of drug-likeness (QED) is 0.316. The first-order chi connectivity index (χ1) is 13.2. The Morgan fingerprint density at radius 1 is 1.41 bits per heavy atom. The van der Waals surface area contributed by atoms with Crippen molar-refractivity contribution >= 4 is 39.0 Å². The summed E-state index contributed by atoms with van der Waals surface area (Å²) in [5, 5.41) is 12.3. The van der Waals surface area contributed by atoms with Crippen molar-refractivity contribution in [2.75, 3.05) is 0 Å². The van der Waals surface area contributed by atoms with Gasteiger partial charge in [0, 0.05) is 32.6 Å². The van der Waals surface area contributed by atoms with Crippen LogP contribution in [0.15, 0.2) is 51.9 Å². The number of allylic oxidation sites excluding steroid dienone is 1. The summed E-state index contributed by atoms with van der Waals surface area (Å²) in [6.07, 6.45) is 5.53. The van der Waals surface area contributed by atoms with Crippen molar-refractivity contribution in [3.63, 3.8) is 0 Å². The molecule has 140 valence electrons. The van der Waals surface area contributed by atoms with Gasteiger partial charge in [0.2, 0.25) is 0 Å². The van der Waals surface area contributed by atoms with Gasteiger partial charge < -0.3 is 0 Å². The lowest BCUT2D eigenvalue weighted by Crippen LogP contribution is -2.10. The monoisotopic (exact) mass is 459 g/mol. The second kappa shape index (κ2) is 8.33. The van der Waals surface area contributed by atoms with Crippen molar-refractivity contribution < 1.29 is 0 Å². The molecule has 2 aromatic heterocycles. The largest absolute Gasteiger partial charge is 0.298 e. The maximum Gasteiger partial charge on any atom is 0.192 e. The molecule has 0 saturated carbocycles. The Bertz CT molecular complexity index is 960. The number of halogens is 1. The Hall–Kier alpha value is -1.37. The first-order valence-electron chi connectivity index (χ1n) is 9.16. The van der Waals surface area contributed by atoms with E-state index in [4.69, 9.17) is 0 Å². The molecule has 3 aromatic rings. The van der Waals surface area contributed by atoms with E-state index in [-0.39, 0.29) is 0 Å². The summed E-state index contributed by atoms with van der Waals surface area (Å²) in [5.74, 6) is 2.64. The van der Waals surface area contributed by atoms with Gasteiger partial charge in [-0.15, -0.1) is 28.1 Å². The number of hydrogen-bond donors (Lipinski definition) is 0. The van der Waals surface area contributed by atoms with Crippen LogP contribution in [0.1, 0.15) is 29.3 Å². The molecule has 0 fully saturated rings. The minimum absolute atomic E-state index is 0.726. The summed E-state index contributed by atoms with van der Waals surface area (Å²) >= 11 is 7.15. The normalized spacial score (nSPS) is 16.3. The molecule has 0 aliphatic heterocycles. The second-order valence-electron chi connectivity index (χ2n) is 7.02. The highest BCUT2D eigenvalue weighted by Gasteiger charge is 2.24. The highest BCUT2D eigenvalue weighted by atomic mass is 79.9. The lowest BCUT2D eigenvalue weighted by molar-refractivity contribution is 0.508. The van der Waals surface area contributed by atoms with Crippen molar-refractivity contribution in [2.45, 2.75) is 43.6 Å². The van der Waals surface area contributed by atoms with Crippen LogP contribution in [0.5, 0.6) is 0 Å². The van der Waals surface area contributed by atoms with E-state index in [2.05, 4.69) is 67.8 Å². The molecule has 1 aliphatic carbocycles. The topological polar surface area (TPSA) is 30.7 Å². The van der Waals surface area contributed by atoms with E-state index in [9.17, 15) is 0 Å². The first kappa shape index (κ1) is 19.0. The van der Waals surface area contributed by atoms with Crippen molar-refractivity contribution in [2.24, 2.45) is 5.92 Å². The van der Waals surface area contributed by atoms with E-state index in [0.717, 1.165) is 40.1 Å². The first-order valence-corrected chi connectivity index (χ1v) is 11.8. The van der Waals surface area contributed by atoms with E-state index in [1.165, 1.54) is 34.4 Å². The molecular weight excluding hydrogens is 438 g/mol. The second-order valence-corrected chi connectivity index (χ2v) is 9.85. The van der Waals surface area contributed by atoms with Crippen LogP contribution in [-0.4, -0.2) is 14.8 Å². The molecule has 1 atom stereocenters. The van der Waals surface area contributed by atoms with Crippen LogP contribution < -0.4 is 0 Å². The van der Waals surface area contributed by atoms with Crippen LogP contribution in [0, 0.1) is 5.92 Å². The van der Waals surface area contributed by atoms with Gasteiger partial charge in [-0.25, -0.2) is 0 Å². The molecule has 0 amide bonds. The zero-order valence-electron chi connectivity index (χ0n) is 15.3. The summed E-state index contributed by atoms with van der Waals surface area (Å²) in [4.78, 5) is 1.53. The number of thioether (sulfide) groups is 1. The number of hydrogen-bond acceptors (Lipinski definition) is 4. The molecule has 0 N–H and O–H groups in total. The number of fused-ring (bicyclic) bond motifs is 1. The van der Waals surface area contributed by atoms with E-state index in [0.29, 0.717) is 0 Å². The third-order valence-corrected chi connectivity index (χ3v) is 7.51. The van der Waals surface area contributed by atoms with Crippen molar-refractivity contribution in [3.8, 4) is 11.4 Å². The van der Waals surface area contributed by atoms with Gasteiger partial charge >= 0.3 is 0 Å². The molecule has 0 bridgehead atoms. The predicted molar refractivity (Wildman–Crippen MR) is 118 cm³/mol. The molecule has 4 rings (SSSR count). The molecule has 0 radical (unpaired) electrons. The molecule has 1 aliphatic rings. The van der Waals surface area contributed by atoms with E-state index in [1.54, 1.807) is 11.8 Å². The predicted octanol–water partition coefficient (Wildman–Crippen LogP) is 6.37. The highest BCUT2D eigenvalue weighted by Crippen LogP contribution is 2.38. The zero-order valence-corrected chi connectivity index (χ0v) is 18.5. The van der Waals surface area contributed by atoms with Gasteiger partial charge in [0.15, 0.2) is 11.0 Å². The SMILES string of the molecule is C=CCn1c(SCc2cccc(Br)c2)nnc1-c1csc2c1CCC(C)C2. The average Bonchev–Trinajstić information content (AvgIpc) is 3.24. The van der Waals surface area contributed by atoms with Crippen molar-refractivity contribution in [1.29, 1.82) is 0 Å². The highest BCUT2D eigenvalue weighted by molar-refractivity contribution is 9.10. The standard InChI is InChI=1S/C21H22BrN3S2/c1-3-9-25-20(18-13-26-19-10-14(2)7-8-17(18)19)23-24-21(25)27-12-15-5-4-6-16(22)11-15/h3-6,11,13-14H,1,7-10,12H2,2H3. The molecule has 2 heterocycles. The number of nitrogens with zero attached hydrogens (tertiary/aromatic N) is 3. The molecule has 3 nitrogen and oxygen atoms in total. The molecule has 1 unspecified atom stereocenters. The van der Waals surface area contributed by atoms with E-state index < -0.39 is 0 Å². The minimum atomic E-state index is 0.726. The fourth-order valence-electron chi connectivity index (χ4n) is 3.53. The van der Waals surface area contributed by atoms with Gasteiger partial charge in [0.1, 0.15) is 0 Å². The number of benzene rings is 1. The summed E-state index contributed by atoms with van der Waals surface area (Å²) in [5.41, 5.74) is 4.02. The molecular formula is C21H22BrN3S2. The Labute approximate surface area is 177 Å². The van der Waals surface area contributed by atoms with Crippen LogP contribution >= 0.6 is 39.0 Å². The Kier molecular flexibility index (Phi) is 5.85. The lowest BCUT2D eigenvalue weighted by Gasteiger charge is -2.19. The number of aromatic nitrogens is 3. The third-order valence-electron chi connectivity index (χ3n) is 4.93. The molecule has 27 heavy (non-hydrogen) atoms. The number of thiophene rings is 1. The fourth-order valence-corrected chi connectivity index (χ4v) is 6.11. The van der Waals surface area contributed by atoms with Gasteiger partial charge in [-0.2, -0.15) is 0 Å². The van der Waals surface area contributed by atoms with Crippen molar-refractivity contribution in [1.82, 2.24) is 14.8 Å². The van der Waals surface area contributed by atoms with Crippen molar-refractivity contribution in [3.05, 3.63) is 62.8 Å². The summed E-state index contributed by atoms with van der Waals surface area (Å²) < 4.78 is 3.31. The zero-order chi connectivity index (χ0) is 18.8. The van der Waals surface area contributed by atoms with E-state index in [1.807, 2.05) is 23.5 Å². The fraction of sp³-hybridized carbons (Fsp3) is 0.333. The van der Waals surface area contributed by atoms with E-state index >= 15 is 0 Å². The summed E-state index contributed by atoms with van der Waals surface area (Å²) in [6.45, 7) is 7.01. The van der Waals surface area contributed by atoms with Gasteiger partial charge in [-0.05, 0) is 48.4 Å². The molecule has 1 aromatic carbocycles. The van der Waals surface area contributed by atoms with Gasteiger partial charge in [-0.1, -0.05) is 52.8 Å². The average molecular weight is 460 g/mol. The smallest absolute Gasteiger partial charge is 0.192 e. The maximum atomic E-state index is 4.58. The van der Waals surface area contributed by atoms with Crippen LogP contribution in [0.4, 0.5) is 0 Å². The molecule has 6 heteroatoms. The molecule has 0 saturated heterocycles. The van der Waals surface area contributed by atoms with Crippen LogP contribution in [0.25, 0.3) is 11.4 Å². The lowest BCUT2D eigenvalue weighted by atomic mass is 9.88. The van der Waals surface area contributed by atoms with Gasteiger partial charge in [0.05, 0.1) is 0 Å². The Balaban J connectivity index is 1.62. The van der Waals surface area contributed by atoms with Crippen LogP contribution in [-0.2, 0) is 25.1 Å². The van der Waals surface area contributed by atoms with Crippen LogP contribution in [0.2, 0.25) is 0 Å². The maximum absolute atomic E-state index is 4.58. The summed E-state index contributed by atoms with van der Waals surface area (Å²) in [7, 11) is 0. The third kappa shape index (κ3) is 4.08. The Morgan fingerprint density at radius 2 is 2.30 bits per heavy atom. The minimum Gasteiger partial charge on any atom is -0.298 e. The van der Waals surface area contributed by atoms with Crippen LogP contribution in [0.3, 0.4) is 0 Å².